The van der Waals surface area contributed by atoms with Gasteiger partial charge < -0.3 is 20.1 Å². The number of nitrogens with one attached hydrogen (secondary N) is 2. The molecule has 0 aromatic carbocycles. The molecule has 0 radical (unpaired) electrons. The number of likely N-dealkylation sites (N-methyl/N-ethyl adjacent to an activating group) is 1. The van der Waals surface area contributed by atoms with E-state index < -0.39 is 23.4 Å². The summed E-state index contributed by atoms with van der Waals surface area (Å²) >= 11 is 2.84. The van der Waals surface area contributed by atoms with E-state index in [0.717, 1.165) is 5.06 Å². The normalized spacial score (nSPS) is 10.4. The fourth-order valence-corrected chi connectivity index (χ4v) is 2.68. The van der Waals surface area contributed by atoms with Crippen LogP contribution < -0.4 is 10.6 Å². The summed E-state index contributed by atoms with van der Waals surface area (Å²) in [5.41, 5.74) is 0.661. The molecule has 2 aromatic rings. The first kappa shape index (κ1) is 32.9. The highest BCUT2D eigenvalue weighted by molar-refractivity contribution is 7.11. The second-order valence-corrected chi connectivity index (χ2v) is 10.4. The number of nitrogens with zero attached hydrogens (tertiary/aromatic N) is 3. The number of carbonyl (C=O) groups excluding carboxylic acids is 4. The first-order valence-corrected chi connectivity index (χ1v) is 12.5. The Bertz CT molecular complexity index is 891. The summed E-state index contributed by atoms with van der Waals surface area (Å²) in [6.07, 6.45) is 2.09. The van der Waals surface area contributed by atoms with Crippen molar-refractivity contribution in [1.82, 2.24) is 25.7 Å². The Hall–Kier alpha value is -3.10. The molecule has 12 nitrogen and oxygen atoms in total. The van der Waals surface area contributed by atoms with Crippen LogP contribution in [0.15, 0.2) is 28.7 Å². The summed E-state index contributed by atoms with van der Waals surface area (Å²) in [4.78, 5) is 57.2. The number of Topliss-reactive ketones (excluding diaryl/α,β-unsaturated/α-hetero) is 1. The molecule has 2 N–H and O–H groups in total. The van der Waals surface area contributed by atoms with Gasteiger partial charge in [-0.05, 0) is 41.5 Å². The maximum atomic E-state index is 11.5. The molecular weight excluding hydrogens is 510 g/mol. The van der Waals surface area contributed by atoms with Crippen LogP contribution in [0.2, 0.25) is 0 Å². The van der Waals surface area contributed by atoms with Gasteiger partial charge in [0.25, 0.3) is 5.91 Å². The van der Waals surface area contributed by atoms with E-state index in [0.29, 0.717) is 5.01 Å². The van der Waals surface area contributed by atoms with E-state index in [1.54, 1.807) is 76.2 Å². The number of hydrogen-bond donors (Lipinski definition) is 2. The minimum absolute atomic E-state index is 0.0948. The second kappa shape index (κ2) is 16.5. The molecule has 14 heteroatoms. The molecule has 0 saturated carbocycles. The minimum Gasteiger partial charge on any atom is -0.444 e. The van der Waals surface area contributed by atoms with E-state index in [9.17, 15) is 19.2 Å². The molecule has 0 aliphatic carbocycles. The number of aromatic nitrogens is 2. The summed E-state index contributed by atoms with van der Waals surface area (Å²) < 4.78 is 9.93. The number of thiazole rings is 2. The molecule has 0 atom stereocenters. The Balaban J connectivity index is 0.000000570. The maximum Gasteiger partial charge on any atom is 0.408 e. The largest absolute Gasteiger partial charge is 0.444 e. The monoisotopic (exact) mass is 545 g/mol. The molecule has 3 amide bonds. The predicted octanol–water partition coefficient (Wildman–Crippen LogP) is 3.52. The molecular formula is C22H35N5O7S2. The van der Waals surface area contributed by atoms with Gasteiger partial charge in [-0.15, -0.1) is 22.7 Å². The third-order valence-corrected chi connectivity index (χ3v) is 4.55. The van der Waals surface area contributed by atoms with Crippen molar-refractivity contribution < 1.29 is 33.5 Å². The van der Waals surface area contributed by atoms with Gasteiger partial charge in [-0.2, -0.15) is 0 Å². The third kappa shape index (κ3) is 18.3. The van der Waals surface area contributed by atoms with Crippen molar-refractivity contribution in [3.8, 4) is 0 Å². The molecule has 0 spiro atoms. The molecule has 0 fully saturated rings. The molecule has 0 aliphatic heterocycles. The van der Waals surface area contributed by atoms with Crippen molar-refractivity contribution in [2.24, 2.45) is 0 Å². The minimum atomic E-state index is -0.625. The van der Waals surface area contributed by atoms with E-state index in [4.69, 9.17) is 9.47 Å². The van der Waals surface area contributed by atoms with Gasteiger partial charge >= 0.3 is 12.2 Å². The van der Waals surface area contributed by atoms with Crippen LogP contribution in [-0.4, -0.2) is 77.4 Å². The van der Waals surface area contributed by atoms with E-state index >= 15 is 0 Å². The van der Waals surface area contributed by atoms with Crippen molar-refractivity contribution >= 4 is 46.6 Å². The van der Waals surface area contributed by atoms with Crippen LogP contribution >= 0.6 is 22.7 Å². The van der Waals surface area contributed by atoms with Gasteiger partial charge in [0.1, 0.15) is 17.7 Å². The van der Waals surface area contributed by atoms with Crippen LogP contribution in [-0.2, 0) is 19.1 Å². The van der Waals surface area contributed by atoms with Crippen LogP contribution in [0.25, 0.3) is 0 Å². The van der Waals surface area contributed by atoms with Crippen molar-refractivity contribution in [3.63, 3.8) is 0 Å². The number of ketones is 1. The second-order valence-electron chi connectivity index (χ2n) is 8.72. The molecule has 0 unspecified atom stereocenters. The molecule has 2 rings (SSSR count). The van der Waals surface area contributed by atoms with Crippen LogP contribution in [0.5, 0.6) is 0 Å². The average Bonchev–Trinajstić information content (AvgIpc) is 3.50. The Labute approximate surface area is 219 Å². The summed E-state index contributed by atoms with van der Waals surface area (Å²) in [7, 11) is 2.82. The van der Waals surface area contributed by atoms with Crippen molar-refractivity contribution in [2.45, 2.75) is 52.7 Å². The smallest absolute Gasteiger partial charge is 0.408 e. The molecule has 2 heterocycles. The standard InChI is InChI=1S/C10H14N2O3S.C9H18N2O4.C3H3NS/c1-10(2,3)15-9(14)12-6-7(13)8-11-4-5-16-8;1-9(2,3)15-8(13)10-6-7(12)11(4)14-5;1-2-5-3-4-1/h4-5H,6H2,1-3H3,(H,12,14);6H2,1-5H3,(H,10,13);1-3H. The van der Waals surface area contributed by atoms with Crippen molar-refractivity contribution in [2.75, 3.05) is 27.2 Å². The maximum absolute atomic E-state index is 11.5. The van der Waals surface area contributed by atoms with Gasteiger partial charge in [0, 0.05) is 30.2 Å². The number of hydroxylamine groups is 2. The zero-order valence-electron chi connectivity index (χ0n) is 21.8. The van der Waals surface area contributed by atoms with E-state index in [1.807, 2.05) is 5.38 Å². The molecule has 0 aliphatic rings. The molecule has 202 valence electrons. The Morgan fingerprint density at radius 3 is 1.83 bits per heavy atom. The zero-order chi connectivity index (χ0) is 27.8. The average molecular weight is 546 g/mol. The highest BCUT2D eigenvalue weighted by atomic mass is 32.1. The molecule has 2 aromatic heterocycles. The van der Waals surface area contributed by atoms with Crippen molar-refractivity contribution in [1.29, 1.82) is 0 Å². The Morgan fingerprint density at radius 2 is 1.47 bits per heavy atom. The van der Waals surface area contributed by atoms with Gasteiger partial charge in [0.2, 0.25) is 5.78 Å². The molecule has 0 saturated heterocycles. The lowest BCUT2D eigenvalue weighted by molar-refractivity contribution is -0.167. The van der Waals surface area contributed by atoms with Gasteiger partial charge in [-0.3, -0.25) is 19.4 Å². The highest BCUT2D eigenvalue weighted by Crippen LogP contribution is 2.07. The summed E-state index contributed by atoms with van der Waals surface area (Å²) in [5.74, 6) is -0.579. The number of amides is 3. The first-order chi connectivity index (χ1) is 16.6. The van der Waals surface area contributed by atoms with Crippen LogP contribution in [0.4, 0.5) is 9.59 Å². The first-order valence-electron chi connectivity index (χ1n) is 10.6. The van der Waals surface area contributed by atoms with Gasteiger partial charge in [-0.25, -0.2) is 19.6 Å². The SMILES string of the molecule is CC(C)(C)OC(=O)NCC(=O)c1nccs1.CON(C)C(=O)CNC(=O)OC(C)(C)C.c1cscn1. The van der Waals surface area contributed by atoms with Gasteiger partial charge in [0.05, 0.1) is 19.2 Å². The third-order valence-electron chi connectivity index (χ3n) is 3.22. The fourth-order valence-electron chi connectivity index (χ4n) is 1.75. The van der Waals surface area contributed by atoms with Crippen LogP contribution in [0.1, 0.15) is 51.3 Å². The zero-order valence-corrected chi connectivity index (χ0v) is 23.4. The topological polar surface area (TPSA) is 149 Å². The lowest BCUT2D eigenvalue weighted by Crippen LogP contribution is -2.40. The molecule has 36 heavy (non-hydrogen) atoms. The Morgan fingerprint density at radius 1 is 0.917 bits per heavy atom. The number of alkyl carbamates (subject to hydrolysis) is 2. The number of ether oxygens (including phenoxy) is 2. The van der Waals surface area contributed by atoms with Gasteiger partial charge in [0.15, 0.2) is 5.01 Å². The summed E-state index contributed by atoms with van der Waals surface area (Å²) in [5, 5.41) is 9.76. The van der Waals surface area contributed by atoms with Crippen LogP contribution in [0.3, 0.4) is 0 Å². The fraction of sp³-hybridized carbons (Fsp3) is 0.545. The summed E-state index contributed by atoms with van der Waals surface area (Å²) in [6, 6.07) is 0. The van der Waals surface area contributed by atoms with E-state index in [2.05, 4.69) is 25.4 Å². The van der Waals surface area contributed by atoms with Crippen LogP contribution in [0, 0.1) is 0 Å². The predicted molar refractivity (Wildman–Crippen MR) is 137 cm³/mol. The van der Waals surface area contributed by atoms with Crippen molar-refractivity contribution in [3.05, 3.63) is 33.7 Å². The quantitative estimate of drug-likeness (QED) is 0.411. The van der Waals surface area contributed by atoms with Gasteiger partial charge in [-0.1, -0.05) is 0 Å². The van der Waals surface area contributed by atoms with E-state index in [-0.39, 0.29) is 24.8 Å². The van der Waals surface area contributed by atoms with E-state index in [1.165, 1.54) is 25.5 Å². The number of hydrogen-bond acceptors (Lipinski definition) is 11. The number of rotatable bonds is 6. The lowest BCUT2D eigenvalue weighted by atomic mass is 10.2. The molecule has 0 bridgehead atoms. The Kier molecular flexibility index (Phi) is 15.1. The highest BCUT2D eigenvalue weighted by Gasteiger charge is 2.18. The lowest BCUT2D eigenvalue weighted by Gasteiger charge is -2.20. The summed E-state index contributed by atoms with van der Waals surface area (Å²) in [6.45, 7) is 10.3. The number of carbonyl (C=O) groups is 4.